The number of rotatable bonds is 5. The molecule has 3 heteroatoms. The largest absolute Gasteiger partial charge is 0.292 e. The van der Waals surface area contributed by atoms with Crippen LogP contribution in [0.15, 0.2) is 35.0 Å². The smallest absolute Gasteiger partial charge is 0.179 e. The van der Waals surface area contributed by atoms with Gasteiger partial charge in [0, 0.05) is 12.1 Å². The summed E-state index contributed by atoms with van der Waals surface area (Å²) in [7, 11) is 2.00. The predicted octanol–water partition coefficient (Wildman–Crippen LogP) is 4.07. The van der Waals surface area contributed by atoms with Gasteiger partial charge in [0.25, 0.3) is 0 Å². The van der Waals surface area contributed by atoms with Gasteiger partial charge in [-0.25, -0.2) is 0 Å². The van der Waals surface area contributed by atoms with Crippen LogP contribution in [0.25, 0.3) is 0 Å². The van der Waals surface area contributed by atoms with Gasteiger partial charge in [-0.2, -0.15) is 11.3 Å². The van der Waals surface area contributed by atoms with Gasteiger partial charge < -0.3 is 0 Å². The highest BCUT2D eigenvalue weighted by atomic mass is 32.1. The molecule has 0 aliphatic rings. The van der Waals surface area contributed by atoms with Gasteiger partial charge in [0.05, 0.1) is 6.04 Å². The molecule has 2 nitrogen and oxygen atoms in total. The molecular weight excluding hydrogens is 266 g/mol. The van der Waals surface area contributed by atoms with Crippen LogP contribution in [0, 0.1) is 13.8 Å². The fraction of sp³-hybridized carbons (Fsp3) is 0.353. The lowest BCUT2D eigenvalue weighted by Gasteiger charge is -2.23. The molecule has 1 atom stereocenters. The first-order chi connectivity index (χ1) is 9.49. The van der Waals surface area contributed by atoms with Crippen LogP contribution in [0.4, 0.5) is 0 Å². The molecule has 0 saturated heterocycles. The quantitative estimate of drug-likeness (QED) is 0.773. The number of likely N-dealkylation sites (N-methyl/N-ethyl adjacent to an activating group) is 1. The topological polar surface area (TPSA) is 20.3 Å². The normalized spacial score (nSPS) is 12.7. The summed E-state index contributed by atoms with van der Waals surface area (Å²) in [5.74, 6) is 0.186. The molecule has 2 aromatic rings. The van der Waals surface area contributed by atoms with E-state index in [0.717, 1.165) is 12.1 Å². The number of hydrogen-bond donors (Lipinski definition) is 0. The van der Waals surface area contributed by atoms with E-state index < -0.39 is 0 Å². The number of nitrogens with zero attached hydrogens (tertiary/aromatic N) is 1. The van der Waals surface area contributed by atoms with E-state index in [9.17, 15) is 4.79 Å². The van der Waals surface area contributed by atoms with Gasteiger partial charge in [0.1, 0.15) is 0 Å². The Labute approximate surface area is 125 Å². The van der Waals surface area contributed by atoms with Gasteiger partial charge >= 0.3 is 0 Å². The SMILES string of the molecule is Cc1ccc(C(=O)C(C)N(C)Cc2ccsc2)cc1C. The third-order valence-corrected chi connectivity index (χ3v) is 4.58. The van der Waals surface area contributed by atoms with Crippen molar-refractivity contribution in [2.24, 2.45) is 0 Å². The fourth-order valence-electron chi connectivity index (χ4n) is 2.14. The van der Waals surface area contributed by atoms with Crippen LogP contribution in [-0.4, -0.2) is 23.8 Å². The summed E-state index contributed by atoms with van der Waals surface area (Å²) < 4.78 is 0. The lowest BCUT2D eigenvalue weighted by atomic mass is 9.99. The second-order valence-electron chi connectivity index (χ2n) is 5.39. The summed E-state index contributed by atoms with van der Waals surface area (Å²) >= 11 is 1.69. The summed E-state index contributed by atoms with van der Waals surface area (Å²) in [5.41, 5.74) is 4.46. The Hall–Kier alpha value is -1.45. The van der Waals surface area contributed by atoms with E-state index in [2.05, 4.69) is 28.7 Å². The van der Waals surface area contributed by atoms with E-state index in [0.29, 0.717) is 0 Å². The minimum absolute atomic E-state index is 0.114. The van der Waals surface area contributed by atoms with Crippen LogP contribution in [0.5, 0.6) is 0 Å². The number of carbonyl (C=O) groups excluding carboxylic acids is 1. The minimum Gasteiger partial charge on any atom is -0.292 e. The van der Waals surface area contributed by atoms with Crippen LogP contribution in [-0.2, 0) is 6.54 Å². The maximum atomic E-state index is 12.5. The first-order valence-corrected chi connectivity index (χ1v) is 7.76. The average molecular weight is 287 g/mol. The Morgan fingerprint density at radius 2 is 2.00 bits per heavy atom. The molecular formula is C17H21NOS. The second-order valence-corrected chi connectivity index (χ2v) is 6.17. The lowest BCUT2D eigenvalue weighted by Crippen LogP contribution is -2.35. The molecule has 0 aliphatic carbocycles. The predicted molar refractivity (Wildman–Crippen MR) is 85.5 cm³/mol. The first kappa shape index (κ1) is 14.9. The molecule has 0 saturated carbocycles. The monoisotopic (exact) mass is 287 g/mol. The lowest BCUT2D eigenvalue weighted by molar-refractivity contribution is 0.0862. The standard InChI is InChI=1S/C17H21NOS/c1-12-5-6-16(9-13(12)2)17(19)14(3)18(4)10-15-7-8-20-11-15/h5-9,11,14H,10H2,1-4H3. The number of Topliss-reactive ketones (excluding diaryl/α,β-unsaturated/α-hetero) is 1. The van der Waals surface area contributed by atoms with Crippen LogP contribution in [0.3, 0.4) is 0 Å². The van der Waals surface area contributed by atoms with Crippen molar-refractivity contribution in [2.75, 3.05) is 7.05 Å². The van der Waals surface area contributed by atoms with E-state index in [4.69, 9.17) is 0 Å². The molecule has 2 rings (SSSR count). The highest BCUT2D eigenvalue weighted by Gasteiger charge is 2.20. The molecule has 1 aromatic heterocycles. The highest BCUT2D eigenvalue weighted by molar-refractivity contribution is 7.07. The Bertz CT molecular complexity index is 589. The van der Waals surface area contributed by atoms with E-state index in [-0.39, 0.29) is 11.8 Å². The molecule has 1 aromatic carbocycles. The van der Waals surface area contributed by atoms with Crippen LogP contribution in [0.2, 0.25) is 0 Å². The summed E-state index contributed by atoms with van der Waals surface area (Å²) in [5, 5.41) is 4.20. The Morgan fingerprint density at radius 1 is 1.25 bits per heavy atom. The van der Waals surface area contributed by atoms with Crippen molar-refractivity contribution < 1.29 is 4.79 Å². The van der Waals surface area contributed by atoms with Crippen molar-refractivity contribution in [2.45, 2.75) is 33.4 Å². The number of thiophene rings is 1. The maximum absolute atomic E-state index is 12.5. The average Bonchev–Trinajstić information content (AvgIpc) is 2.93. The molecule has 0 bridgehead atoms. The van der Waals surface area contributed by atoms with Gasteiger partial charge in [-0.15, -0.1) is 0 Å². The number of ketones is 1. The molecule has 106 valence electrons. The molecule has 1 heterocycles. The van der Waals surface area contributed by atoms with Gasteiger partial charge in [-0.1, -0.05) is 12.1 Å². The van der Waals surface area contributed by atoms with Crippen LogP contribution >= 0.6 is 11.3 Å². The molecule has 0 radical (unpaired) electrons. The van der Waals surface area contributed by atoms with Gasteiger partial charge in [0.15, 0.2) is 5.78 Å². The Kier molecular flexibility index (Phi) is 4.73. The van der Waals surface area contributed by atoms with Crippen molar-refractivity contribution in [3.63, 3.8) is 0 Å². The molecule has 20 heavy (non-hydrogen) atoms. The maximum Gasteiger partial charge on any atom is 0.179 e. The highest BCUT2D eigenvalue weighted by Crippen LogP contribution is 2.16. The molecule has 0 spiro atoms. The fourth-order valence-corrected chi connectivity index (χ4v) is 2.80. The molecule has 0 aliphatic heterocycles. The van der Waals surface area contributed by atoms with Crippen molar-refractivity contribution in [1.82, 2.24) is 4.90 Å². The second kappa shape index (κ2) is 6.33. The number of aryl methyl sites for hydroxylation is 2. The third-order valence-electron chi connectivity index (χ3n) is 3.84. The van der Waals surface area contributed by atoms with Crippen molar-refractivity contribution in [3.8, 4) is 0 Å². The Morgan fingerprint density at radius 3 is 2.60 bits per heavy atom. The number of carbonyl (C=O) groups is 1. The summed E-state index contributed by atoms with van der Waals surface area (Å²) in [6.45, 7) is 6.90. The molecule has 1 unspecified atom stereocenters. The number of hydrogen-bond acceptors (Lipinski definition) is 3. The zero-order valence-corrected chi connectivity index (χ0v) is 13.3. The van der Waals surface area contributed by atoms with Crippen LogP contribution < -0.4 is 0 Å². The Balaban J connectivity index is 2.09. The van der Waals surface area contributed by atoms with Crippen LogP contribution in [0.1, 0.15) is 34.0 Å². The van der Waals surface area contributed by atoms with E-state index in [1.165, 1.54) is 16.7 Å². The summed E-state index contributed by atoms with van der Waals surface area (Å²) in [6.07, 6.45) is 0. The van der Waals surface area contributed by atoms with Crippen molar-refractivity contribution >= 4 is 17.1 Å². The van der Waals surface area contributed by atoms with Crippen molar-refractivity contribution in [1.29, 1.82) is 0 Å². The molecule has 0 fully saturated rings. The third kappa shape index (κ3) is 3.35. The van der Waals surface area contributed by atoms with Gasteiger partial charge in [-0.05, 0) is 67.4 Å². The molecule has 0 N–H and O–H groups in total. The zero-order valence-electron chi connectivity index (χ0n) is 12.5. The van der Waals surface area contributed by atoms with Gasteiger partial charge in [-0.3, -0.25) is 9.69 Å². The first-order valence-electron chi connectivity index (χ1n) is 6.82. The van der Waals surface area contributed by atoms with Crippen molar-refractivity contribution in [3.05, 3.63) is 57.3 Å². The summed E-state index contributed by atoms with van der Waals surface area (Å²) in [4.78, 5) is 14.6. The number of benzene rings is 1. The van der Waals surface area contributed by atoms with E-state index in [1.54, 1.807) is 11.3 Å². The zero-order chi connectivity index (χ0) is 14.7. The molecule has 0 amide bonds. The van der Waals surface area contributed by atoms with E-state index in [1.807, 2.05) is 39.1 Å². The summed E-state index contributed by atoms with van der Waals surface area (Å²) in [6, 6.07) is 7.94. The van der Waals surface area contributed by atoms with E-state index >= 15 is 0 Å². The van der Waals surface area contributed by atoms with Gasteiger partial charge in [0.2, 0.25) is 0 Å². The minimum atomic E-state index is -0.114.